The SMILES string of the molecule is CCCCC(=O)[O-].CCCCC(=O)[O-].[O]=[Zr+2]. The van der Waals surface area contributed by atoms with Crippen molar-refractivity contribution in [2.24, 2.45) is 0 Å². The van der Waals surface area contributed by atoms with Crippen LogP contribution in [0, 0.1) is 0 Å². The number of hydrogen-bond acceptors (Lipinski definition) is 5. The molecule has 0 aromatic rings. The van der Waals surface area contributed by atoms with Gasteiger partial charge in [0.2, 0.25) is 0 Å². The van der Waals surface area contributed by atoms with Gasteiger partial charge in [0.15, 0.2) is 0 Å². The fourth-order valence-corrected chi connectivity index (χ4v) is 0.642. The van der Waals surface area contributed by atoms with E-state index in [2.05, 4.69) is 0 Å². The molecule has 0 unspecified atom stereocenters. The summed E-state index contributed by atoms with van der Waals surface area (Å²) in [4.78, 5) is 19.3. The first-order chi connectivity index (χ1) is 7.54. The topological polar surface area (TPSA) is 97.3 Å². The van der Waals surface area contributed by atoms with Crippen LogP contribution >= 0.6 is 0 Å². The molecule has 0 spiro atoms. The molecule has 0 saturated carbocycles. The normalized spacial score (nSPS) is 8.00. The van der Waals surface area contributed by atoms with Crippen LogP contribution in [0.2, 0.25) is 0 Å². The van der Waals surface area contributed by atoms with E-state index < -0.39 is 11.9 Å². The van der Waals surface area contributed by atoms with Crippen molar-refractivity contribution in [2.45, 2.75) is 52.4 Å². The Bertz CT molecular complexity index is 155. The molecule has 16 heavy (non-hydrogen) atoms. The Kier molecular flexibility index (Phi) is 26.3. The van der Waals surface area contributed by atoms with Crippen molar-refractivity contribution in [3.63, 3.8) is 0 Å². The molecule has 0 saturated heterocycles. The summed E-state index contributed by atoms with van der Waals surface area (Å²) in [6.07, 6.45) is 3.74. The second-order valence-corrected chi connectivity index (χ2v) is 2.95. The van der Waals surface area contributed by atoms with Gasteiger partial charge in [0.1, 0.15) is 0 Å². The summed E-state index contributed by atoms with van der Waals surface area (Å²) in [5.74, 6) is -1.89. The van der Waals surface area contributed by atoms with Gasteiger partial charge in [-0.3, -0.25) is 0 Å². The molecule has 0 N–H and O–H groups in total. The van der Waals surface area contributed by atoms with E-state index in [9.17, 15) is 19.8 Å². The third-order valence-electron chi connectivity index (χ3n) is 1.47. The van der Waals surface area contributed by atoms with E-state index in [-0.39, 0.29) is 12.8 Å². The van der Waals surface area contributed by atoms with Gasteiger partial charge in [-0.2, -0.15) is 0 Å². The molecule has 0 bridgehead atoms. The zero-order valence-corrected chi connectivity index (χ0v) is 12.2. The van der Waals surface area contributed by atoms with E-state index in [1.807, 2.05) is 13.8 Å². The second-order valence-electron chi connectivity index (χ2n) is 2.95. The average Bonchev–Trinajstić information content (AvgIpc) is 2.27. The molecule has 0 fully saturated rings. The van der Waals surface area contributed by atoms with E-state index in [1.54, 1.807) is 0 Å². The molecule has 0 aliphatic carbocycles. The Labute approximate surface area is 112 Å². The Morgan fingerprint density at radius 3 is 1.19 bits per heavy atom. The van der Waals surface area contributed by atoms with Crippen molar-refractivity contribution in [3.05, 3.63) is 0 Å². The molecule has 0 atom stereocenters. The fraction of sp³-hybridized carbons (Fsp3) is 0.800. The van der Waals surface area contributed by atoms with Gasteiger partial charge >= 0.3 is 27.5 Å². The molecular weight excluding hydrogens is 291 g/mol. The van der Waals surface area contributed by atoms with E-state index >= 15 is 0 Å². The summed E-state index contributed by atoms with van der Waals surface area (Å²) in [5, 5.41) is 19.3. The molecule has 92 valence electrons. The van der Waals surface area contributed by atoms with E-state index in [4.69, 9.17) is 2.81 Å². The van der Waals surface area contributed by atoms with Crippen molar-refractivity contribution in [3.8, 4) is 0 Å². The number of unbranched alkanes of at least 4 members (excludes halogenated alkanes) is 2. The van der Waals surface area contributed by atoms with Gasteiger partial charge < -0.3 is 19.8 Å². The van der Waals surface area contributed by atoms with Crippen LogP contribution < -0.4 is 10.2 Å². The number of carbonyl (C=O) groups excluding carboxylic acids is 2. The molecule has 0 rings (SSSR count). The Balaban J connectivity index is -0.000000183. The first kappa shape index (κ1) is 21.0. The minimum absolute atomic E-state index is 0.205. The van der Waals surface area contributed by atoms with Crippen LogP contribution in [0.25, 0.3) is 0 Å². The fourth-order valence-electron chi connectivity index (χ4n) is 0.642. The van der Waals surface area contributed by atoms with Crippen molar-refractivity contribution in [2.75, 3.05) is 0 Å². The van der Waals surface area contributed by atoms with E-state index in [0.29, 0.717) is 24.7 Å². The van der Waals surface area contributed by atoms with Crippen LogP contribution in [0.15, 0.2) is 0 Å². The number of aliphatic carboxylic acids is 2. The molecule has 0 aromatic carbocycles. The van der Waals surface area contributed by atoms with Gasteiger partial charge in [0.25, 0.3) is 0 Å². The van der Waals surface area contributed by atoms with Crippen LogP contribution in [-0.2, 0) is 37.1 Å². The van der Waals surface area contributed by atoms with Crippen LogP contribution in [0.5, 0.6) is 0 Å². The molecule has 5 nitrogen and oxygen atoms in total. The first-order valence-electron chi connectivity index (χ1n) is 5.14. The predicted molar refractivity (Wildman–Crippen MR) is 49.8 cm³/mol. The van der Waals surface area contributed by atoms with Crippen LogP contribution in [-0.4, -0.2) is 11.9 Å². The summed E-state index contributed by atoms with van der Waals surface area (Å²) in [5.41, 5.74) is 0. The Morgan fingerprint density at radius 2 is 1.12 bits per heavy atom. The zero-order chi connectivity index (χ0) is 13.4. The van der Waals surface area contributed by atoms with Gasteiger partial charge in [-0.05, 0) is 25.7 Å². The molecule has 0 amide bonds. The Hall–Kier alpha value is -0.377. The second kappa shape index (κ2) is 20.1. The summed E-state index contributed by atoms with van der Waals surface area (Å²) in [6.45, 7) is 3.89. The number of hydrogen-bond donors (Lipinski definition) is 0. The molecule has 0 aliphatic rings. The number of carboxylic acids is 2. The molecule has 0 radical (unpaired) electrons. The summed E-state index contributed by atoms with van der Waals surface area (Å²) >= 11 is 0.300. The Morgan fingerprint density at radius 1 is 0.875 bits per heavy atom. The number of carboxylic acid groups (broad SMARTS) is 2. The molecule has 0 heterocycles. The van der Waals surface area contributed by atoms with Crippen LogP contribution in [0.3, 0.4) is 0 Å². The van der Waals surface area contributed by atoms with Crippen molar-refractivity contribution in [1.82, 2.24) is 0 Å². The van der Waals surface area contributed by atoms with Gasteiger partial charge in [-0.1, -0.05) is 26.7 Å². The number of rotatable bonds is 6. The zero-order valence-electron chi connectivity index (χ0n) is 9.78. The standard InChI is InChI=1S/2C5H10O2.O.Zr/c2*1-2-3-4-5(6)7;;/h2*2-4H2,1H3,(H,6,7);;/q;;;+2/p-2. The summed E-state index contributed by atoms with van der Waals surface area (Å²) < 4.78 is 8.34. The summed E-state index contributed by atoms with van der Waals surface area (Å²) in [7, 11) is 0. The van der Waals surface area contributed by atoms with Crippen LogP contribution in [0.1, 0.15) is 52.4 Å². The summed E-state index contributed by atoms with van der Waals surface area (Å²) in [6, 6.07) is 0. The van der Waals surface area contributed by atoms with E-state index in [1.165, 1.54) is 0 Å². The van der Waals surface area contributed by atoms with Gasteiger partial charge in [-0.15, -0.1) is 0 Å². The minimum atomic E-state index is -0.943. The maximum atomic E-state index is 9.65. The monoisotopic (exact) mass is 308 g/mol. The van der Waals surface area contributed by atoms with E-state index in [0.717, 1.165) is 25.7 Å². The van der Waals surface area contributed by atoms with Crippen molar-refractivity contribution >= 4 is 11.9 Å². The molecule has 6 heteroatoms. The molecular formula is C10H18O5Zr. The van der Waals surface area contributed by atoms with Crippen LogP contribution in [0.4, 0.5) is 0 Å². The third-order valence-corrected chi connectivity index (χ3v) is 1.47. The van der Waals surface area contributed by atoms with Gasteiger partial charge in [-0.25, -0.2) is 0 Å². The van der Waals surface area contributed by atoms with Crippen molar-refractivity contribution in [1.29, 1.82) is 0 Å². The van der Waals surface area contributed by atoms with Crippen molar-refractivity contribution < 1.29 is 47.3 Å². The quantitative estimate of drug-likeness (QED) is 0.673. The number of carbonyl (C=O) groups is 2. The molecule has 0 aliphatic heterocycles. The predicted octanol–water partition coefficient (Wildman–Crippen LogP) is -0.268. The average molecular weight is 309 g/mol. The van der Waals surface area contributed by atoms with Gasteiger partial charge in [0.05, 0.1) is 0 Å². The first-order valence-corrected chi connectivity index (χ1v) is 6.15. The maximum absolute atomic E-state index is 9.65. The van der Waals surface area contributed by atoms with Gasteiger partial charge in [0, 0.05) is 11.9 Å². The third kappa shape index (κ3) is 37.4. The molecule has 0 aromatic heterocycles.